The number of likely N-dealkylation sites (N-methyl/N-ethyl adjacent to an activating group) is 1. The van der Waals surface area contributed by atoms with Gasteiger partial charge in [0.25, 0.3) is 0 Å². The SMILES string of the molecule is CCN(CCO)Cc1ncc(-c2ccccc2Br)o1. The Morgan fingerprint density at radius 3 is 2.84 bits per heavy atom. The summed E-state index contributed by atoms with van der Waals surface area (Å²) in [7, 11) is 0. The molecule has 19 heavy (non-hydrogen) atoms. The lowest BCUT2D eigenvalue weighted by atomic mass is 10.2. The minimum atomic E-state index is 0.144. The summed E-state index contributed by atoms with van der Waals surface area (Å²) in [6, 6.07) is 7.89. The van der Waals surface area contributed by atoms with Crippen LogP contribution in [0.15, 0.2) is 39.4 Å². The van der Waals surface area contributed by atoms with Crippen LogP contribution >= 0.6 is 15.9 Å². The molecule has 0 unspecified atom stereocenters. The molecule has 0 saturated heterocycles. The van der Waals surface area contributed by atoms with Gasteiger partial charge in [-0.05, 0) is 12.6 Å². The molecule has 1 N–H and O–H groups in total. The number of halogens is 1. The lowest BCUT2D eigenvalue weighted by molar-refractivity contribution is 0.185. The van der Waals surface area contributed by atoms with E-state index in [0.29, 0.717) is 19.0 Å². The molecule has 0 amide bonds. The van der Waals surface area contributed by atoms with Crippen molar-refractivity contribution in [1.29, 1.82) is 0 Å². The van der Waals surface area contributed by atoms with Crippen molar-refractivity contribution in [2.75, 3.05) is 19.7 Å². The second-order valence-electron chi connectivity index (χ2n) is 4.19. The summed E-state index contributed by atoms with van der Waals surface area (Å²) < 4.78 is 6.75. The average molecular weight is 325 g/mol. The van der Waals surface area contributed by atoms with E-state index in [1.165, 1.54) is 0 Å². The van der Waals surface area contributed by atoms with Crippen LogP contribution in [0.3, 0.4) is 0 Å². The third-order valence-electron chi connectivity index (χ3n) is 2.92. The Morgan fingerprint density at radius 1 is 1.37 bits per heavy atom. The predicted molar refractivity (Wildman–Crippen MR) is 77.7 cm³/mol. The van der Waals surface area contributed by atoms with Crippen molar-refractivity contribution in [3.63, 3.8) is 0 Å². The van der Waals surface area contributed by atoms with Gasteiger partial charge in [-0.2, -0.15) is 0 Å². The highest BCUT2D eigenvalue weighted by atomic mass is 79.9. The fourth-order valence-corrected chi connectivity index (χ4v) is 2.33. The van der Waals surface area contributed by atoms with Crippen molar-refractivity contribution >= 4 is 15.9 Å². The smallest absolute Gasteiger partial charge is 0.209 e. The van der Waals surface area contributed by atoms with Crippen molar-refractivity contribution in [2.24, 2.45) is 0 Å². The second-order valence-corrected chi connectivity index (χ2v) is 5.04. The number of rotatable bonds is 6. The van der Waals surface area contributed by atoms with Gasteiger partial charge < -0.3 is 9.52 Å². The molecule has 0 atom stereocenters. The Morgan fingerprint density at radius 2 is 2.16 bits per heavy atom. The third kappa shape index (κ3) is 3.65. The van der Waals surface area contributed by atoms with Crippen LogP contribution in [0, 0.1) is 0 Å². The molecule has 2 aromatic rings. The first-order chi connectivity index (χ1) is 9.24. The lowest BCUT2D eigenvalue weighted by Crippen LogP contribution is -2.26. The molecule has 5 heteroatoms. The first kappa shape index (κ1) is 14.2. The summed E-state index contributed by atoms with van der Waals surface area (Å²) in [5, 5.41) is 8.97. The Kier molecular flexibility index (Phi) is 5.13. The van der Waals surface area contributed by atoms with Gasteiger partial charge in [0, 0.05) is 16.6 Å². The molecule has 0 bridgehead atoms. The molecule has 4 nitrogen and oxygen atoms in total. The van der Waals surface area contributed by atoms with Crippen LogP contribution in [-0.4, -0.2) is 34.7 Å². The van der Waals surface area contributed by atoms with Crippen molar-refractivity contribution in [1.82, 2.24) is 9.88 Å². The van der Waals surface area contributed by atoms with Gasteiger partial charge in [0.05, 0.1) is 19.3 Å². The monoisotopic (exact) mass is 324 g/mol. The van der Waals surface area contributed by atoms with Crippen LogP contribution in [-0.2, 0) is 6.54 Å². The van der Waals surface area contributed by atoms with Gasteiger partial charge in [-0.15, -0.1) is 0 Å². The third-order valence-corrected chi connectivity index (χ3v) is 3.61. The van der Waals surface area contributed by atoms with E-state index in [2.05, 4.69) is 25.8 Å². The maximum absolute atomic E-state index is 8.97. The molecular weight excluding hydrogens is 308 g/mol. The summed E-state index contributed by atoms with van der Waals surface area (Å²) in [5.74, 6) is 1.42. The summed E-state index contributed by atoms with van der Waals surface area (Å²) in [4.78, 5) is 6.37. The van der Waals surface area contributed by atoms with Crippen LogP contribution in [0.4, 0.5) is 0 Å². The van der Waals surface area contributed by atoms with E-state index in [1.807, 2.05) is 31.2 Å². The van der Waals surface area contributed by atoms with Crippen molar-refractivity contribution in [2.45, 2.75) is 13.5 Å². The van der Waals surface area contributed by atoms with Crippen LogP contribution in [0.25, 0.3) is 11.3 Å². The molecule has 0 fully saturated rings. The number of aliphatic hydroxyl groups is 1. The van der Waals surface area contributed by atoms with E-state index in [9.17, 15) is 0 Å². The Bertz CT molecular complexity index is 528. The van der Waals surface area contributed by atoms with E-state index < -0.39 is 0 Å². The average Bonchev–Trinajstić information content (AvgIpc) is 2.87. The minimum Gasteiger partial charge on any atom is -0.439 e. The maximum atomic E-state index is 8.97. The van der Waals surface area contributed by atoms with Crippen LogP contribution in [0.5, 0.6) is 0 Å². The number of benzene rings is 1. The van der Waals surface area contributed by atoms with Gasteiger partial charge in [-0.25, -0.2) is 4.98 Å². The van der Waals surface area contributed by atoms with Gasteiger partial charge >= 0.3 is 0 Å². The zero-order valence-corrected chi connectivity index (χ0v) is 12.4. The molecule has 0 spiro atoms. The van der Waals surface area contributed by atoms with Gasteiger partial charge in [0.1, 0.15) is 0 Å². The molecule has 0 aliphatic heterocycles. The molecule has 0 aliphatic rings. The fourth-order valence-electron chi connectivity index (χ4n) is 1.85. The molecule has 102 valence electrons. The molecule has 1 aromatic heterocycles. The van der Waals surface area contributed by atoms with Crippen molar-refractivity contribution < 1.29 is 9.52 Å². The number of aliphatic hydroxyl groups excluding tert-OH is 1. The normalized spacial score (nSPS) is 11.2. The van der Waals surface area contributed by atoms with E-state index in [4.69, 9.17) is 9.52 Å². The van der Waals surface area contributed by atoms with Crippen LogP contribution in [0.1, 0.15) is 12.8 Å². The van der Waals surface area contributed by atoms with Crippen molar-refractivity contribution in [3.05, 3.63) is 40.8 Å². The summed E-state index contributed by atoms with van der Waals surface area (Å²) in [5.41, 5.74) is 0.992. The van der Waals surface area contributed by atoms with Gasteiger partial charge in [0.15, 0.2) is 5.76 Å². The molecular formula is C14H17BrN2O2. The fraction of sp³-hybridized carbons (Fsp3) is 0.357. The van der Waals surface area contributed by atoms with Crippen LogP contribution < -0.4 is 0 Å². The predicted octanol–water partition coefficient (Wildman–Crippen LogP) is 2.92. The highest BCUT2D eigenvalue weighted by molar-refractivity contribution is 9.10. The zero-order valence-electron chi connectivity index (χ0n) is 10.8. The molecule has 2 rings (SSSR count). The molecule has 1 aromatic carbocycles. The molecule has 0 radical (unpaired) electrons. The van der Waals surface area contributed by atoms with Gasteiger partial charge in [0.2, 0.25) is 5.89 Å². The first-order valence-corrected chi connectivity index (χ1v) is 7.06. The quantitative estimate of drug-likeness (QED) is 0.887. The zero-order chi connectivity index (χ0) is 13.7. The molecule has 0 aliphatic carbocycles. The number of aromatic nitrogens is 1. The topological polar surface area (TPSA) is 49.5 Å². The number of hydrogen-bond acceptors (Lipinski definition) is 4. The summed E-state index contributed by atoms with van der Waals surface area (Å²) in [6.07, 6.45) is 1.74. The number of oxazole rings is 1. The Labute approximate surface area is 121 Å². The second kappa shape index (κ2) is 6.84. The maximum Gasteiger partial charge on any atom is 0.209 e. The number of nitrogens with zero attached hydrogens (tertiary/aromatic N) is 2. The summed E-state index contributed by atoms with van der Waals surface area (Å²) >= 11 is 3.50. The van der Waals surface area contributed by atoms with Crippen LogP contribution in [0.2, 0.25) is 0 Å². The Balaban J connectivity index is 2.13. The van der Waals surface area contributed by atoms with E-state index in [0.717, 1.165) is 22.3 Å². The van der Waals surface area contributed by atoms with Gasteiger partial charge in [-0.1, -0.05) is 41.1 Å². The highest BCUT2D eigenvalue weighted by Crippen LogP contribution is 2.28. The first-order valence-electron chi connectivity index (χ1n) is 6.27. The van der Waals surface area contributed by atoms with E-state index in [1.54, 1.807) is 6.20 Å². The number of hydrogen-bond donors (Lipinski definition) is 1. The minimum absolute atomic E-state index is 0.144. The Hall–Kier alpha value is -1.17. The van der Waals surface area contributed by atoms with Gasteiger partial charge in [-0.3, -0.25) is 4.90 Å². The standard InChI is InChI=1S/C14H17BrN2O2/c1-2-17(7-8-18)10-14-16-9-13(19-14)11-5-3-4-6-12(11)15/h3-6,9,18H,2,7-8,10H2,1H3. The largest absolute Gasteiger partial charge is 0.439 e. The van der Waals surface area contributed by atoms with E-state index >= 15 is 0 Å². The van der Waals surface area contributed by atoms with Crippen molar-refractivity contribution in [3.8, 4) is 11.3 Å². The highest BCUT2D eigenvalue weighted by Gasteiger charge is 2.11. The molecule has 0 saturated carbocycles. The summed E-state index contributed by atoms with van der Waals surface area (Å²) in [6.45, 7) is 4.29. The lowest BCUT2D eigenvalue weighted by Gasteiger charge is -2.16. The van der Waals surface area contributed by atoms with E-state index in [-0.39, 0.29) is 6.61 Å². The molecule has 1 heterocycles.